The molecule has 2 aromatic rings. The topological polar surface area (TPSA) is 89.6 Å². The number of halogens is 1. The summed E-state index contributed by atoms with van der Waals surface area (Å²) in [6.07, 6.45) is 1.66. The molecule has 1 fully saturated rings. The van der Waals surface area contributed by atoms with Crippen LogP contribution in [0.4, 0.5) is 0 Å². The lowest BCUT2D eigenvalue weighted by Crippen LogP contribution is -2.24. The number of hydrogen-bond donors (Lipinski definition) is 2. The van der Waals surface area contributed by atoms with E-state index in [4.69, 9.17) is 26.2 Å². The van der Waals surface area contributed by atoms with Crippen LogP contribution in [0.15, 0.2) is 12.5 Å². The third-order valence-electron chi connectivity index (χ3n) is 3.42. The summed E-state index contributed by atoms with van der Waals surface area (Å²) in [5.74, 6) is 0.385. The van der Waals surface area contributed by atoms with Crippen LogP contribution in [0.5, 0.6) is 5.88 Å². The number of fused-ring (bicyclic) bond motifs is 1. The molecule has 1 saturated heterocycles. The SMILES string of the molecule is COc1ncnc2c1c(Cl)cn2[C@@H]1C[C@H](O)[C@@H](CO)O1. The summed E-state index contributed by atoms with van der Waals surface area (Å²) in [5, 5.41) is 20.0. The van der Waals surface area contributed by atoms with Crippen LogP contribution in [0.3, 0.4) is 0 Å². The van der Waals surface area contributed by atoms with Gasteiger partial charge >= 0.3 is 0 Å². The lowest BCUT2D eigenvalue weighted by molar-refractivity contribution is -0.0430. The molecule has 108 valence electrons. The first-order valence-corrected chi connectivity index (χ1v) is 6.53. The van der Waals surface area contributed by atoms with Crippen molar-refractivity contribution in [3.05, 3.63) is 17.5 Å². The molecule has 8 heteroatoms. The van der Waals surface area contributed by atoms with Crippen molar-refractivity contribution >= 4 is 22.6 Å². The number of aliphatic hydroxyl groups is 2. The Bertz CT molecular complexity index is 632. The summed E-state index contributed by atoms with van der Waals surface area (Å²) in [4.78, 5) is 8.21. The molecule has 1 aliphatic rings. The minimum absolute atomic E-state index is 0.233. The molecule has 20 heavy (non-hydrogen) atoms. The molecule has 3 heterocycles. The third kappa shape index (κ3) is 2.03. The molecule has 2 N–H and O–H groups in total. The van der Waals surface area contributed by atoms with Gasteiger partial charge in [0.25, 0.3) is 0 Å². The number of aromatic nitrogens is 3. The summed E-state index contributed by atoms with van der Waals surface area (Å²) in [6, 6.07) is 0. The molecule has 0 bridgehead atoms. The van der Waals surface area contributed by atoms with Gasteiger partial charge in [-0.2, -0.15) is 0 Å². The maximum absolute atomic E-state index is 9.81. The first-order chi connectivity index (χ1) is 9.65. The van der Waals surface area contributed by atoms with Gasteiger partial charge in [0.1, 0.15) is 18.7 Å². The van der Waals surface area contributed by atoms with Gasteiger partial charge in [-0.3, -0.25) is 0 Å². The fourth-order valence-corrected chi connectivity index (χ4v) is 2.71. The van der Waals surface area contributed by atoms with Crippen molar-refractivity contribution < 1.29 is 19.7 Å². The quantitative estimate of drug-likeness (QED) is 0.868. The normalized spacial score (nSPS) is 26.3. The van der Waals surface area contributed by atoms with Gasteiger partial charge in [0.15, 0.2) is 5.65 Å². The van der Waals surface area contributed by atoms with Crippen molar-refractivity contribution in [3.8, 4) is 5.88 Å². The van der Waals surface area contributed by atoms with E-state index in [0.717, 1.165) is 0 Å². The van der Waals surface area contributed by atoms with Gasteiger partial charge in [-0.1, -0.05) is 11.6 Å². The van der Waals surface area contributed by atoms with Crippen molar-refractivity contribution in [2.24, 2.45) is 0 Å². The first-order valence-electron chi connectivity index (χ1n) is 6.15. The zero-order valence-electron chi connectivity index (χ0n) is 10.7. The Morgan fingerprint density at radius 2 is 2.35 bits per heavy atom. The molecule has 7 nitrogen and oxygen atoms in total. The van der Waals surface area contributed by atoms with E-state index >= 15 is 0 Å². The second-order valence-corrected chi connectivity index (χ2v) is 4.99. The molecule has 0 amide bonds. The van der Waals surface area contributed by atoms with Gasteiger partial charge in [0.05, 0.1) is 30.2 Å². The molecule has 0 aromatic carbocycles. The summed E-state index contributed by atoms with van der Waals surface area (Å²) >= 11 is 6.20. The average molecular weight is 300 g/mol. The predicted octanol–water partition coefficient (Wildman–Crippen LogP) is 0.734. The lowest BCUT2D eigenvalue weighted by atomic mass is 10.2. The Labute approximate surface area is 119 Å². The van der Waals surface area contributed by atoms with E-state index in [1.54, 1.807) is 10.8 Å². The van der Waals surface area contributed by atoms with Crippen LogP contribution in [0.25, 0.3) is 11.0 Å². The standard InChI is InChI=1S/C12H14ClN3O4/c1-19-12-10-6(13)3-16(11(10)14-5-15-12)9-2-7(18)8(4-17)20-9/h3,5,7-9,17-18H,2,4H2,1H3/t7-,8+,9-/m0/s1. The smallest absolute Gasteiger partial charge is 0.227 e. The minimum Gasteiger partial charge on any atom is -0.480 e. The van der Waals surface area contributed by atoms with E-state index < -0.39 is 18.4 Å². The van der Waals surface area contributed by atoms with Gasteiger partial charge in [0.2, 0.25) is 5.88 Å². The van der Waals surface area contributed by atoms with Gasteiger partial charge in [-0.15, -0.1) is 0 Å². The largest absolute Gasteiger partial charge is 0.480 e. The minimum atomic E-state index is -0.718. The van der Waals surface area contributed by atoms with Crippen LogP contribution < -0.4 is 4.74 Å². The Hall–Kier alpha value is -1.41. The van der Waals surface area contributed by atoms with Crippen molar-refractivity contribution in [1.29, 1.82) is 0 Å². The average Bonchev–Trinajstić information content (AvgIpc) is 2.99. The van der Waals surface area contributed by atoms with Crippen LogP contribution in [0.1, 0.15) is 12.6 Å². The van der Waals surface area contributed by atoms with Gasteiger partial charge < -0.3 is 24.3 Å². The molecule has 1 aliphatic heterocycles. The van der Waals surface area contributed by atoms with Gasteiger partial charge in [0, 0.05) is 12.6 Å². The molecule has 2 aromatic heterocycles. The van der Waals surface area contributed by atoms with E-state index in [1.807, 2.05) is 0 Å². The molecular weight excluding hydrogens is 286 g/mol. The van der Waals surface area contributed by atoms with Gasteiger partial charge in [-0.05, 0) is 0 Å². The predicted molar refractivity (Wildman–Crippen MR) is 70.7 cm³/mol. The molecule has 3 rings (SSSR count). The highest BCUT2D eigenvalue weighted by atomic mass is 35.5. The van der Waals surface area contributed by atoms with Crippen LogP contribution in [-0.2, 0) is 4.74 Å². The Morgan fingerprint density at radius 3 is 3.00 bits per heavy atom. The number of nitrogens with zero attached hydrogens (tertiary/aromatic N) is 3. The zero-order chi connectivity index (χ0) is 14.3. The second kappa shape index (κ2) is 5.17. The number of hydrogen-bond acceptors (Lipinski definition) is 6. The molecule has 0 spiro atoms. The summed E-state index contributed by atoms with van der Waals surface area (Å²) < 4.78 is 12.5. The molecular formula is C12H14ClN3O4. The highest BCUT2D eigenvalue weighted by molar-refractivity contribution is 6.35. The number of rotatable bonds is 3. The summed E-state index contributed by atoms with van der Waals surface area (Å²) in [5.41, 5.74) is 0.567. The molecule has 0 unspecified atom stereocenters. The fourth-order valence-electron chi connectivity index (χ4n) is 2.44. The zero-order valence-corrected chi connectivity index (χ0v) is 11.5. The van der Waals surface area contributed by atoms with Crippen LogP contribution in [0, 0.1) is 0 Å². The first kappa shape index (κ1) is 13.6. The Balaban J connectivity index is 2.05. The molecule has 3 atom stereocenters. The van der Waals surface area contributed by atoms with Crippen LogP contribution in [-0.4, -0.2) is 50.7 Å². The number of aliphatic hydroxyl groups excluding tert-OH is 2. The van der Waals surface area contributed by atoms with Crippen molar-refractivity contribution in [2.45, 2.75) is 24.9 Å². The summed E-state index contributed by atoms with van der Waals surface area (Å²) in [7, 11) is 1.51. The molecule has 0 radical (unpaired) electrons. The maximum Gasteiger partial charge on any atom is 0.227 e. The van der Waals surface area contributed by atoms with Crippen molar-refractivity contribution in [1.82, 2.24) is 14.5 Å². The Morgan fingerprint density at radius 1 is 1.55 bits per heavy atom. The van der Waals surface area contributed by atoms with Crippen LogP contribution >= 0.6 is 11.6 Å². The molecule has 0 aliphatic carbocycles. The highest BCUT2D eigenvalue weighted by Gasteiger charge is 2.35. The van der Waals surface area contributed by atoms with E-state index in [2.05, 4.69) is 9.97 Å². The summed E-state index contributed by atoms with van der Waals surface area (Å²) in [6.45, 7) is -0.233. The van der Waals surface area contributed by atoms with E-state index in [9.17, 15) is 5.11 Å². The lowest BCUT2D eigenvalue weighted by Gasteiger charge is -2.14. The van der Waals surface area contributed by atoms with Crippen molar-refractivity contribution in [2.75, 3.05) is 13.7 Å². The fraction of sp³-hybridized carbons (Fsp3) is 0.500. The number of ether oxygens (including phenoxy) is 2. The monoisotopic (exact) mass is 299 g/mol. The highest BCUT2D eigenvalue weighted by Crippen LogP contribution is 2.36. The second-order valence-electron chi connectivity index (χ2n) is 4.58. The van der Waals surface area contributed by atoms with E-state index in [1.165, 1.54) is 13.4 Å². The van der Waals surface area contributed by atoms with E-state index in [0.29, 0.717) is 28.4 Å². The number of methoxy groups -OCH3 is 1. The van der Waals surface area contributed by atoms with E-state index in [-0.39, 0.29) is 6.61 Å². The third-order valence-corrected chi connectivity index (χ3v) is 3.70. The van der Waals surface area contributed by atoms with Gasteiger partial charge in [-0.25, -0.2) is 9.97 Å². The van der Waals surface area contributed by atoms with Crippen LogP contribution in [0.2, 0.25) is 5.02 Å². The molecule has 0 saturated carbocycles. The van der Waals surface area contributed by atoms with Crippen molar-refractivity contribution in [3.63, 3.8) is 0 Å². The maximum atomic E-state index is 9.81. The Kier molecular flexibility index (Phi) is 3.51.